The molecule has 0 aliphatic carbocycles. The fourth-order valence-corrected chi connectivity index (χ4v) is 4.89. The van der Waals surface area contributed by atoms with Gasteiger partial charge in [0.15, 0.2) is 9.84 Å². The van der Waals surface area contributed by atoms with Crippen LogP contribution >= 0.6 is 0 Å². The fourth-order valence-electron chi connectivity index (χ4n) is 3.80. The summed E-state index contributed by atoms with van der Waals surface area (Å²) in [5.41, 5.74) is 0. The molecule has 0 unspecified atom stereocenters. The molecule has 0 aromatic heterocycles. The van der Waals surface area contributed by atoms with Gasteiger partial charge in [-0.15, -0.1) is 0 Å². The van der Waals surface area contributed by atoms with Crippen molar-refractivity contribution in [1.82, 2.24) is 9.80 Å². The van der Waals surface area contributed by atoms with Crippen molar-refractivity contribution in [2.75, 3.05) is 26.2 Å². The number of nitrogens with zero attached hydrogens (tertiary/aromatic N) is 2. The van der Waals surface area contributed by atoms with E-state index in [1.54, 1.807) is 32.0 Å². The second kappa shape index (κ2) is 7.87. The first-order valence-electron chi connectivity index (χ1n) is 9.76. The van der Waals surface area contributed by atoms with Crippen LogP contribution in [0.15, 0.2) is 29.2 Å². The summed E-state index contributed by atoms with van der Waals surface area (Å²) in [6, 6.07) is 8.23. The number of hydrogen-bond acceptors (Lipinski definition) is 5. The van der Waals surface area contributed by atoms with Gasteiger partial charge in [0.1, 0.15) is 11.9 Å². The summed E-state index contributed by atoms with van der Waals surface area (Å²) >= 11 is 0. The van der Waals surface area contributed by atoms with Crippen LogP contribution in [0.1, 0.15) is 40.5 Å². The molecule has 2 aliphatic rings. The molecule has 2 saturated heterocycles. The van der Waals surface area contributed by atoms with Crippen molar-refractivity contribution in [2.45, 2.75) is 68.9 Å². The molecule has 0 N–H and O–H groups in total. The minimum absolute atomic E-state index is 0.162. The van der Waals surface area contributed by atoms with Gasteiger partial charge in [0.25, 0.3) is 0 Å². The summed E-state index contributed by atoms with van der Waals surface area (Å²) in [6.45, 7) is 12.2. The van der Waals surface area contributed by atoms with E-state index in [4.69, 9.17) is 4.74 Å². The molecule has 1 aromatic rings. The van der Waals surface area contributed by atoms with E-state index in [1.807, 2.05) is 6.07 Å². The van der Waals surface area contributed by atoms with Crippen LogP contribution in [-0.4, -0.2) is 67.8 Å². The Balaban J connectivity index is 1.51. The van der Waals surface area contributed by atoms with Crippen molar-refractivity contribution >= 4 is 9.84 Å². The van der Waals surface area contributed by atoms with E-state index < -0.39 is 15.1 Å². The lowest BCUT2D eigenvalue weighted by atomic mass is 9.98. The zero-order valence-corrected chi connectivity index (χ0v) is 17.2. The van der Waals surface area contributed by atoms with Gasteiger partial charge in [-0.3, -0.25) is 4.90 Å². The summed E-state index contributed by atoms with van der Waals surface area (Å²) in [7, 11) is -3.26. The third-order valence-corrected chi connectivity index (χ3v) is 7.83. The summed E-state index contributed by atoms with van der Waals surface area (Å²) in [6.07, 6.45) is 2.62. The highest BCUT2D eigenvalue weighted by molar-refractivity contribution is 7.92. The zero-order valence-electron chi connectivity index (χ0n) is 16.4. The average molecular weight is 381 g/mol. The Bertz CT molecular complexity index is 704. The lowest BCUT2D eigenvalue weighted by Crippen LogP contribution is -2.60. The lowest BCUT2D eigenvalue weighted by Gasteiger charge is -2.47. The Morgan fingerprint density at radius 2 is 1.73 bits per heavy atom. The molecule has 0 radical (unpaired) electrons. The molecule has 2 aliphatic heterocycles. The van der Waals surface area contributed by atoms with Gasteiger partial charge >= 0.3 is 0 Å². The predicted octanol–water partition coefficient (Wildman–Crippen LogP) is 2.80. The van der Waals surface area contributed by atoms with E-state index >= 15 is 0 Å². The molecular formula is C20H32N2O3S. The molecule has 0 bridgehead atoms. The van der Waals surface area contributed by atoms with Crippen LogP contribution in [0.5, 0.6) is 5.75 Å². The molecule has 146 valence electrons. The molecule has 0 atom stereocenters. The number of likely N-dealkylation sites (tertiary alicyclic amines) is 2. The highest BCUT2D eigenvalue weighted by atomic mass is 32.2. The Labute approximate surface area is 158 Å². The van der Waals surface area contributed by atoms with Crippen LogP contribution in [0.2, 0.25) is 0 Å². The van der Waals surface area contributed by atoms with Crippen molar-refractivity contribution in [2.24, 2.45) is 0 Å². The van der Waals surface area contributed by atoms with Gasteiger partial charge in [0, 0.05) is 25.2 Å². The van der Waals surface area contributed by atoms with Crippen molar-refractivity contribution in [3.05, 3.63) is 24.3 Å². The predicted molar refractivity (Wildman–Crippen MR) is 104 cm³/mol. The van der Waals surface area contributed by atoms with Gasteiger partial charge in [0.05, 0.1) is 10.1 Å². The molecule has 5 nitrogen and oxygen atoms in total. The smallest absolute Gasteiger partial charge is 0.180 e. The highest BCUT2D eigenvalue weighted by Crippen LogP contribution is 2.27. The van der Waals surface area contributed by atoms with Crippen LogP contribution in [0.25, 0.3) is 0 Å². The van der Waals surface area contributed by atoms with Gasteiger partial charge in [-0.1, -0.05) is 6.07 Å². The van der Waals surface area contributed by atoms with Crippen molar-refractivity contribution in [3.63, 3.8) is 0 Å². The van der Waals surface area contributed by atoms with Gasteiger partial charge in [-0.05, 0) is 71.8 Å². The first-order valence-corrected chi connectivity index (χ1v) is 11.3. The molecular weight excluding hydrogens is 348 g/mol. The number of benzene rings is 1. The number of rotatable bonds is 6. The lowest BCUT2D eigenvalue weighted by molar-refractivity contribution is -0.0290. The summed E-state index contributed by atoms with van der Waals surface area (Å²) in [4.78, 5) is 5.41. The standard InChI is InChI=1S/C20H32N2O3S/c1-15(2)21-10-8-17(9-11-21)22-13-19(14-22)25-18-6-5-7-20(12-18)26(23,24)16(3)4/h5-7,12,15-17,19H,8-11,13-14H2,1-4H3. The van der Waals surface area contributed by atoms with E-state index in [9.17, 15) is 8.42 Å². The van der Waals surface area contributed by atoms with Crippen molar-refractivity contribution in [1.29, 1.82) is 0 Å². The molecule has 0 amide bonds. The Hall–Kier alpha value is -1.11. The molecule has 6 heteroatoms. The number of ether oxygens (including phenoxy) is 1. The molecule has 3 rings (SSSR count). The second-order valence-electron chi connectivity index (χ2n) is 8.12. The molecule has 2 fully saturated rings. The van der Waals surface area contributed by atoms with Gasteiger partial charge < -0.3 is 9.64 Å². The quantitative estimate of drug-likeness (QED) is 0.760. The average Bonchev–Trinajstić information content (AvgIpc) is 2.58. The molecule has 1 aromatic carbocycles. The summed E-state index contributed by atoms with van der Waals surface area (Å²) < 4.78 is 30.7. The topological polar surface area (TPSA) is 49.9 Å². The first kappa shape index (κ1) is 19.6. The number of sulfone groups is 1. The minimum Gasteiger partial charge on any atom is -0.488 e. The van der Waals surface area contributed by atoms with E-state index in [1.165, 1.54) is 25.9 Å². The van der Waals surface area contributed by atoms with Crippen LogP contribution in [0.3, 0.4) is 0 Å². The summed E-state index contributed by atoms with van der Waals surface area (Å²) in [5, 5.41) is -0.423. The molecule has 26 heavy (non-hydrogen) atoms. The maximum absolute atomic E-state index is 12.3. The van der Waals surface area contributed by atoms with Crippen molar-refractivity contribution in [3.8, 4) is 5.75 Å². The second-order valence-corrected chi connectivity index (χ2v) is 10.6. The van der Waals surface area contributed by atoms with E-state index in [-0.39, 0.29) is 6.10 Å². The first-order chi connectivity index (χ1) is 12.3. The Morgan fingerprint density at radius 1 is 1.08 bits per heavy atom. The Morgan fingerprint density at radius 3 is 2.31 bits per heavy atom. The van der Waals surface area contributed by atoms with Gasteiger partial charge in [-0.25, -0.2) is 8.42 Å². The number of hydrogen-bond donors (Lipinski definition) is 0. The Kier molecular flexibility index (Phi) is 5.94. The van der Waals surface area contributed by atoms with Gasteiger partial charge in [-0.2, -0.15) is 0 Å². The largest absolute Gasteiger partial charge is 0.488 e. The highest BCUT2D eigenvalue weighted by Gasteiger charge is 2.35. The van der Waals surface area contributed by atoms with Crippen LogP contribution in [0, 0.1) is 0 Å². The van der Waals surface area contributed by atoms with E-state index in [2.05, 4.69) is 23.6 Å². The molecule has 0 saturated carbocycles. The van der Waals surface area contributed by atoms with E-state index in [0.29, 0.717) is 22.7 Å². The fraction of sp³-hybridized carbons (Fsp3) is 0.700. The van der Waals surface area contributed by atoms with Crippen LogP contribution in [0.4, 0.5) is 0 Å². The van der Waals surface area contributed by atoms with Crippen LogP contribution < -0.4 is 4.74 Å². The van der Waals surface area contributed by atoms with Crippen LogP contribution in [-0.2, 0) is 9.84 Å². The maximum atomic E-state index is 12.3. The molecule has 0 spiro atoms. The third-order valence-electron chi connectivity index (χ3n) is 5.68. The SMILES string of the molecule is CC(C)N1CCC(N2CC(Oc3cccc(S(=O)(=O)C(C)C)c3)C2)CC1. The number of piperidine rings is 1. The zero-order chi connectivity index (χ0) is 18.9. The van der Waals surface area contributed by atoms with E-state index in [0.717, 1.165) is 13.1 Å². The summed E-state index contributed by atoms with van der Waals surface area (Å²) in [5.74, 6) is 0.658. The third kappa shape index (κ3) is 4.24. The maximum Gasteiger partial charge on any atom is 0.180 e. The monoisotopic (exact) mass is 380 g/mol. The van der Waals surface area contributed by atoms with Gasteiger partial charge in [0.2, 0.25) is 0 Å². The minimum atomic E-state index is -3.26. The molecule has 2 heterocycles. The normalized spacial score (nSPS) is 21.3. The van der Waals surface area contributed by atoms with Crippen molar-refractivity contribution < 1.29 is 13.2 Å².